The highest BCUT2D eigenvalue weighted by molar-refractivity contribution is 7.98. The Morgan fingerprint density at radius 3 is 2.77 bits per heavy atom. The van der Waals surface area contributed by atoms with Gasteiger partial charge in [-0.1, -0.05) is 17.3 Å². The van der Waals surface area contributed by atoms with Crippen molar-refractivity contribution < 1.29 is 4.79 Å². The number of hydrogen-bond donors (Lipinski definition) is 0. The van der Waals surface area contributed by atoms with Crippen LogP contribution in [0.15, 0.2) is 45.4 Å². The van der Waals surface area contributed by atoms with E-state index >= 15 is 0 Å². The second-order valence-electron chi connectivity index (χ2n) is 6.20. The van der Waals surface area contributed by atoms with Crippen LogP contribution in [0.2, 0.25) is 0 Å². The average Bonchev–Trinajstić information content (AvgIpc) is 3.18. The van der Waals surface area contributed by atoms with Gasteiger partial charge in [0.25, 0.3) is 11.5 Å². The summed E-state index contributed by atoms with van der Waals surface area (Å²) in [5.74, 6) is 0.0561. The molecule has 3 heterocycles. The van der Waals surface area contributed by atoms with Crippen LogP contribution >= 0.6 is 23.1 Å². The Morgan fingerprint density at radius 1 is 1.23 bits per heavy atom. The lowest BCUT2D eigenvalue weighted by Crippen LogP contribution is -2.41. The van der Waals surface area contributed by atoms with Crippen molar-refractivity contribution in [3.05, 3.63) is 51.6 Å². The minimum atomic E-state index is -0.0810. The average molecular weight is 387 g/mol. The van der Waals surface area contributed by atoms with Crippen LogP contribution in [-0.4, -0.2) is 45.1 Å². The second kappa shape index (κ2) is 7.20. The van der Waals surface area contributed by atoms with Gasteiger partial charge in [-0.05, 0) is 42.7 Å². The molecular formula is C18H18N4O2S2. The third-order valence-corrected chi connectivity index (χ3v) is 6.42. The fraction of sp³-hybridized carbons (Fsp3) is 0.333. The molecule has 0 unspecified atom stereocenters. The lowest BCUT2D eigenvalue weighted by Gasteiger charge is -2.32. The van der Waals surface area contributed by atoms with Crippen LogP contribution in [0, 0.1) is 0 Å². The Labute approximate surface area is 158 Å². The number of fused-ring (bicyclic) bond motifs is 1. The van der Waals surface area contributed by atoms with Gasteiger partial charge in [-0.25, -0.2) is 4.68 Å². The molecule has 1 aromatic carbocycles. The fourth-order valence-corrected chi connectivity index (χ4v) is 4.67. The summed E-state index contributed by atoms with van der Waals surface area (Å²) in [5.41, 5.74) is 1.32. The van der Waals surface area contributed by atoms with Crippen molar-refractivity contribution in [2.45, 2.75) is 23.8 Å². The molecule has 0 spiro atoms. The van der Waals surface area contributed by atoms with Crippen molar-refractivity contribution in [3.63, 3.8) is 0 Å². The lowest BCUT2D eigenvalue weighted by molar-refractivity contribution is 0.0683. The molecule has 1 fully saturated rings. The summed E-state index contributed by atoms with van der Waals surface area (Å²) in [6, 6.07) is 9.48. The van der Waals surface area contributed by atoms with Gasteiger partial charge in [0.1, 0.15) is 10.2 Å². The summed E-state index contributed by atoms with van der Waals surface area (Å²) in [5, 5.41) is 10.1. The van der Waals surface area contributed by atoms with Gasteiger partial charge in [0.05, 0.1) is 11.6 Å². The maximum Gasteiger partial charge on any atom is 0.287 e. The Balaban J connectivity index is 1.51. The van der Waals surface area contributed by atoms with E-state index in [1.54, 1.807) is 11.8 Å². The van der Waals surface area contributed by atoms with E-state index < -0.39 is 0 Å². The predicted molar refractivity (Wildman–Crippen MR) is 104 cm³/mol. The van der Waals surface area contributed by atoms with E-state index in [2.05, 4.69) is 10.3 Å². The molecule has 0 atom stereocenters. The number of likely N-dealkylation sites (tertiary alicyclic amines) is 1. The molecule has 1 aliphatic rings. The molecule has 2 aromatic heterocycles. The van der Waals surface area contributed by atoms with E-state index in [-0.39, 0.29) is 17.5 Å². The number of hydrogen-bond acceptors (Lipinski definition) is 6. The summed E-state index contributed by atoms with van der Waals surface area (Å²) >= 11 is 2.98. The molecular weight excluding hydrogens is 368 g/mol. The van der Waals surface area contributed by atoms with Crippen LogP contribution in [0.1, 0.15) is 29.2 Å². The molecule has 8 heteroatoms. The molecule has 1 aliphatic heterocycles. The molecule has 0 aliphatic carbocycles. The van der Waals surface area contributed by atoms with Crippen molar-refractivity contribution in [2.75, 3.05) is 19.3 Å². The number of aromatic nitrogens is 3. The highest BCUT2D eigenvalue weighted by Gasteiger charge is 2.27. The summed E-state index contributed by atoms with van der Waals surface area (Å²) in [6.07, 6.45) is 3.39. The monoisotopic (exact) mass is 386 g/mol. The molecule has 6 nitrogen and oxygen atoms in total. The number of amides is 1. The summed E-state index contributed by atoms with van der Waals surface area (Å²) < 4.78 is 2.14. The highest BCUT2D eigenvalue weighted by Crippen LogP contribution is 2.26. The Hall–Kier alpha value is -2.19. The van der Waals surface area contributed by atoms with Crippen LogP contribution in [0.4, 0.5) is 0 Å². The zero-order valence-corrected chi connectivity index (χ0v) is 15.9. The van der Waals surface area contributed by atoms with Gasteiger partial charge in [-0.3, -0.25) is 9.59 Å². The number of rotatable bonds is 3. The van der Waals surface area contributed by atoms with Gasteiger partial charge in [-0.15, -0.1) is 28.2 Å². The first-order valence-electron chi connectivity index (χ1n) is 8.44. The van der Waals surface area contributed by atoms with E-state index in [4.69, 9.17) is 0 Å². The first-order chi connectivity index (χ1) is 12.7. The quantitative estimate of drug-likeness (QED) is 0.647. The highest BCUT2D eigenvalue weighted by atomic mass is 32.2. The minimum absolute atomic E-state index is 0.0126. The summed E-state index contributed by atoms with van der Waals surface area (Å²) in [4.78, 5) is 28.3. The predicted octanol–water partition coefficient (Wildman–Crippen LogP) is 3.05. The molecule has 0 radical (unpaired) electrons. The molecule has 0 N–H and O–H groups in total. The van der Waals surface area contributed by atoms with Crippen LogP contribution < -0.4 is 5.56 Å². The molecule has 3 aromatic rings. The number of piperidine rings is 1. The van der Waals surface area contributed by atoms with E-state index in [9.17, 15) is 9.59 Å². The second-order valence-corrected chi connectivity index (χ2v) is 7.96. The minimum Gasteiger partial charge on any atom is -0.338 e. The molecule has 26 heavy (non-hydrogen) atoms. The Morgan fingerprint density at radius 2 is 2.00 bits per heavy atom. The van der Waals surface area contributed by atoms with E-state index in [0.717, 1.165) is 10.5 Å². The zero-order valence-electron chi connectivity index (χ0n) is 14.3. The van der Waals surface area contributed by atoms with Crippen molar-refractivity contribution in [1.29, 1.82) is 0 Å². The van der Waals surface area contributed by atoms with Gasteiger partial charge in [0, 0.05) is 18.0 Å². The third-order valence-electron chi connectivity index (χ3n) is 4.73. The SMILES string of the molecule is CSc1ccccc1C(=O)N1CCC(n2nnc3ccsc3c2=O)CC1. The van der Waals surface area contributed by atoms with Gasteiger partial charge in [0.2, 0.25) is 0 Å². The third kappa shape index (κ3) is 3.03. The van der Waals surface area contributed by atoms with Crippen molar-refractivity contribution in [3.8, 4) is 0 Å². The number of thioether (sulfide) groups is 1. The Kier molecular flexibility index (Phi) is 4.78. The zero-order chi connectivity index (χ0) is 18.1. The van der Waals surface area contributed by atoms with Crippen molar-refractivity contribution in [2.24, 2.45) is 0 Å². The van der Waals surface area contributed by atoms with Crippen molar-refractivity contribution >= 4 is 39.2 Å². The number of nitrogens with zero attached hydrogens (tertiary/aromatic N) is 4. The maximum atomic E-state index is 12.8. The molecule has 134 valence electrons. The van der Waals surface area contributed by atoms with Gasteiger partial charge in [0.15, 0.2) is 0 Å². The maximum absolute atomic E-state index is 12.8. The smallest absolute Gasteiger partial charge is 0.287 e. The molecule has 0 saturated carbocycles. The largest absolute Gasteiger partial charge is 0.338 e. The van der Waals surface area contributed by atoms with Crippen LogP contribution in [0.5, 0.6) is 0 Å². The number of benzene rings is 1. The van der Waals surface area contributed by atoms with Crippen molar-refractivity contribution in [1.82, 2.24) is 19.9 Å². The topological polar surface area (TPSA) is 68.1 Å². The summed E-state index contributed by atoms with van der Waals surface area (Å²) in [6.45, 7) is 1.23. The van der Waals surface area contributed by atoms with E-state index in [1.807, 2.05) is 46.9 Å². The molecule has 1 saturated heterocycles. The summed E-state index contributed by atoms with van der Waals surface area (Å²) in [7, 11) is 0. The number of carbonyl (C=O) groups is 1. The molecule has 4 rings (SSSR count). The molecule has 1 amide bonds. The van der Waals surface area contributed by atoms with Gasteiger partial charge < -0.3 is 4.90 Å². The first-order valence-corrected chi connectivity index (χ1v) is 10.5. The normalized spacial score (nSPS) is 15.5. The van der Waals surface area contributed by atoms with Gasteiger partial charge in [-0.2, -0.15) is 0 Å². The van der Waals surface area contributed by atoms with Gasteiger partial charge >= 0.3 is 0 Å². The number of thiophene rings is 1. The fourth-order valence-electron chi connectivity index (χ4n) is 3.33. The van der Waals surface area contributed by atoms with Crippen LogP contribution in [0.25, 0.3) is 10.2 Å². The van der Waals surface area contributed by atoms with Crippen LogP contribution in [-0.2, 0) is 0 Å². The van der Waals surface area contributed by atoms with E-state index in [1.165, 1.54) is 16.0 Å². The van der Waals surface area contributed by atoms with Crippen LogP contribution in [0.3, 0.4) is 0 Å². The molecule has 0 bridgehead atoms. The number of carbonyl (C=O) groups excluding carboxylic acids is 1. The lowest BCUT2D eigenvalue weighted by atomic mass is 10.0. The standard InChI is InChI=1S/C18H18N4O2S2/c1-25-15-5-3-2-4-13(15)17(23)21-9-6-12(7-10-21)22-18(24)16-14(19-20-22)8-11-26-16/h2-5,8,11-12H,6-7,9-10H2,1H3. The first kappa shape index (κ1) is 17.2. The van der Waals surface area contributed by atoms with E-state index in [0.29, 0.717) is 36.1 Å². The Bertz CT molecular complexity index is 1010.